The maximum Gasteiger partial charge on any atom is 0.392 e. The molecule has 0 aromatic carbocycles. The monoisotopic (exact) mass is 353 g/mol. The first-order chi connectivity index (χ1) is 9.36. The van der Waals surface area contributed by atoms with Crippen LogP contribution in [0.3, 0.4) is 0 Å². The summed E-state index contributed by atoms with van der Waals surface area (Å²) < 4.78 is 42.2. The van der Waals surface area contributed by atoms with Crippen LogP contribution in [0.4, 0.5) is 13.2 Å². The summed E-state index contributed by atoms with van der Waals surface area (Å²) >= 11 is 3.39. The maximum absolute atomic E-state index is 13.3. The fourth-order valence-corrected chi connectivity index (χ4v) is 3.88. The molecule has 1 aliphatic rings. The van der Waals surface area contributed by atoms with E-state index in [1.165, 1.54) is 0 Å². The lowest BCUT2D eigenvalue weighted by atomic mass is 9.74. The van der Waals surface area contributed by atoms with Gasteiger partial charge in [-0.2, -0.15) is 18.3 Å². The van der Waals surface area contributed by atoms with Gasteiger partial charge in [0.15, 0.2) is 0 Å². The Morgan fingerprint density at radius 2 is 2.05 bits per heavy atom. The van der Waals surface area contributed by atoms with Crippen molar-refractivity contribution >= 4 is 15.9 Å². The van der Waals surface area contributed by atoms with E-state index in [9.17, 15) is 13.2 Å². The highest BCUT2D eigenvalue weighted by atomic mass is 79.9. The highest BCUT2D eigenvalue weighted by Crippen LogP contribution is 2.47. The molecule has 20 heavy (non-hydrogen) atoms. The van der Waals surface area contributed by atoms with Crippen molar-refractivity contribution in [1.82, 2.24) is 15.1 Å². The minimum Gasteiger partial charge on any atom is -0.311 e. The van der Waals surface area contributed by atoms with Gasteiger partial charge in [0.1, 0.15) is 0 Å². The standard InChI is InChI=1S/C13H19BrF3N3/c1-18-11(12-10(14)7-19-20(12)2)8-5-3-4-6-9(8)13(15,16)17/h7-9,11,18H,3-6H2,1-2H3. The van der Waals surface area contributed by atoms with Crippen LogP contribution in [0.15, 0.2) is 10.7 Å². The smallest absolute Gasteiger partial charge is 0.311 e. The van der Waals surface area contributed by atoms with Crippen molar-refractivity contribution in [2.24, 2.45) is 18.9 Å². The highest BCUT2D eigenvalue weighted by Gasteiger charge is 2.48. The second-order valence-electron chi connectivity index (χ2n) is 5.36. The van der Waals surface area contributed by atoms with Gasteiger partial charge in [-0.1, -0.05) is 12.8 Å². The van der Waals surface area contributed by atoms with E-state index >= 15 is 0 Å². The lowest BCUT2D eigenvalue weighted by molar-refractivity contribution is -0.199. The molecule has 1 N–H and O–H groups in total. The van der Waals surface area contributed by atoms with Gasteiger partial charge < -0.3 is 5.32 Å². The Bertz CT molecular complexity index is 439. The van der Waals surface area contributed by atoms with Gasteiger partial charge in [-0.25, -0.2) is 0 Å². The zero-order valence-corrected chi connectivity index (χ0v) is 13.1. The van der Waals surface area contributed by atoms with Crippen LogP contribution < -0.4 is 5.32 Å². The first-order valence-corrected chi connectivity index (χ1v) is 7.57. The van der Waals surface area contributed by atoms with Crippen molar-refractivity contribution in [2.45, 2.75) is 37.9 Å². The van der Waals surface area contributed by atoms with Crippen LogP contribution >= 0.6 is 15.9 Å². The molecule has 0 aliphatic heterocycles. The zero-order chi connectivity index (χ0) is 14.9. The summed E-state index contributed by atoms with van der Waals surface area (Å²) in [6, 6.07) is -0.344. The molecule has 0 amide bonds. The molecule has 1 saturated carbocycles. The van der Waals surface area contributed by atoms with E-state index in [0.29, 0.717) is 12.8 Å². The van der Waals surface area contributed by atoms with Crippen molar-refractivity contribution in [1.29, 1.82) is 0 Å². The van der Waals surface area contributed by atoms with Crippen molar-refractivity contribution in [3.63, 3.8) is 0 Å². The Balaban J connectivity index is 2.34. The van der Waals surface area contributed by atoms with Crippen LogP contribution in [0.5, 0.6) is 0 Å². The van der Waals surface area contributed by atoms with E-state index in [0.717, 1.165) is 16.6 Å². The number of alkyl halides is 3. The van der Waals surface area contributed by atoms with Crippen molar-refractivity contribution < 1.29 is 13.2 Å². The minimum absolute atomic E-state index is 0.224. The number of rotatable bonds is 3. The molecule has 1 heterocycles. The van der Waals surface area contributed by atoms with Gasteiger partial charge in [0.2, 0.25) is 0 Å². The number of aryl methyl sites for hydroxylation is 1. The Kier molecular flexibility index (Phi) is 4.79. The second kappa shape index (κ2) is 6.05. The minimum atomic E-state index is -4.13. The quantitative estimate of drug-likeness (QED) is 0.895. The van der Waals surface area contributed by atoms with Gasteiger partial charge in [-0.05, 0) is 41.7 Å². The molecule has 3 nitrogen and oxygen atoms in total. The van der Waals surface area contributed by atoms with E-state index < -0.39 is 18.0 Å². The van der Waals surface area contributed by atoms with Gasteiger partial charge in [-0.15, -0.1) is 0 Å². The molecule has 0 spiro atoms. The normalized spacial score (nSPS) is 25.7. The third-order valence-corrected chi connectivity index (χ3v) is 4.82. The molecule has 7 heteroatoms. The number of nitrogens with zero attached hydrogens (tertiary/aromatic N) is 2. The van der Waals surface area contributed by atoms with Gasteiger partial charge in [-0.3, -0.25) is 4.68 Å². The first-order valence-electron chi connectivity index (χ1n) is 6.77. The molecule has 114 valence electrons. The van der Waals surface area contributed by atoms with Crippen molar-refractivity contribution in [3.05, 3.63) is 16.4 Å². The van der Waals surface area contributed by atoms with Crippen LogP contribution in [-0.4, -0.2) is 23.0 Å². The van der Waals surface area contributed by atoms with Crippen molar-refractivity contribution in [2.75, 3.05) is 7.05 Å². The van der Waals surface area contributed by atoms with E-state index in [4.69, 9.17) is 0 Å². The second-order valence-corrected chi connectivity index (χ2v) is 6.22. The molecule has 0 bridgehead atoms. The van der Waals surface area contributed by atoms with E-state index in [-0.39, 0.29) is 12.5 Å². The van der Waals surface area contributed by atoms with Gasteiger partial charge in [0.05, 0.1) is 28.3 Å². The molecule has 3 unspecified atom stereocenters. The molecule has 0 radical (unpaired) electrons. The number of halogens is 4. The third-order valence-electron chi connectivity index (χ3n) is 4.21. The zero-order valence-electron chi connectivity index (χ0n) is 11.5. The van der Waals surface area contributed by atoms with Crippen molar-refractivity contribution in [3.8, 4) is 0 Å². The highest BCUT2D eigenvalue weighted by molar-refractivity contribution is 9.10. The van der Waals surface area contributed by atoms with Crippen LogP contribution in [0, 0.1) is 11.8 Å². The van der Waals surface area contributed by atoms with E-state index in [1.54, 1.807) is 25.0 Å². The lowest BCUT2D eigenvalue weighted by Crippen LogP contribution is -2.40. The average Bonchev–Trinajstić information content (AvgIpc) is 2.71. The van der Waals surface area contributed by atoms with Crippen LogP contribution in [0.2, 0.25) is 0 Å². The van der Waals surface area contributed by atoms with E-state index in [2.05, 4.69) is 26.3 Å². The van der Waals surface area contributed by atoms with Crippen LogP contribution in [0.1, 0.15) is 37.4 Å². The molecule has 1 aromatic rings. The summed E-state index contributed by atoms with van der Waals surface area (Å²) in [4.78, 5) is 0. The summed E-state index contributed by atoms with van der Waals surface area (Å²) in [6.45, 7) is 0. The molecule has 0 saturated heterocycles. The predicted octanol–water partition coefficient (Wildman–Crippen LogP) is 3.81. The SMILES string of the molecule is CNC(c1c(Br)cnn1C)C1CCCCC1C(F)(F)F. The lowest BCUT2D eigenvalue weighted by Gasteiger charge is -2.38. The number of hydrogen-bond acceptors (Lipinski definition) is 2. The molecule has 1 aromatic heterocycles. The number of hydrogen-bond donors (Lipinski definition) is 1. The Labute approximate surface area is 125 Å². The predicted molar refractivity (Wildman–Crippen MR) is 74.2 cm³/mol. The Hall–Kier alpha value is -0.560. The summed E-state index contributed by atoms with van der Waals surface area (Å²) in [6.07, 6.45) is -0.181. The molecule has 1 fully saturated rings. The first kappa shape index (κ1) is 15.8. The maximum atomic E-state index is 13.3. The topological polar surface area (TPSA) is 29.9 Å². The molecule has 1 aliphatic carbocycles. The Morgan fingerprint density at radius 3 is 2.55 bits per heavy atom. The third kappa shape index (κ3) is 3.03. The van der Waals surface area contributed by atoms with Gasteiger partial charge in [0, 0.05) is 7.05 Å². The van der Waals surface area contributed by atoms with Gasteiger partial charge >= 0.3 is 6.18 Å². The van der Waals surface area contributed by atoms with E-state index in [1.807, 2.05) is 0 Å². The summed E-state index contributed by atoms with van der Waals surface area (Å²) in [7, 11) is 3.47. The van der Waals surface area contributed by atoms with Gasteiger partial charge in [0.25, 0.3) is 0 Å². The van der Waals surface area contributed by atoms with Crippen LogP contribution in [0.25, 0.3) is 0 Å². The molecule has 3 atom stereocenters. The summed E-state index contributed by atoms with van der Waals surface area (Å²) in [5.41, 5.74) is 0.786. The average molecular weight is 354 g/mol. The van der Waals surface area contributed by atoms with Crippen LogP contribution in [-0.2, 0) is 7.05 Å². The Morgan fingerprint density at radius 1 is 1.40 bits per heavy atom. The number of nitrogens with one attached hydrogen (secondary N) is 1. The summed E-state index contributed by atoms with van der Waals surface area (Å²) in [5.74, 6) is -1.68. The molecular formula is C13H19BrF3N3. The fourth-order valence-electron chi connectivity index (χ4n) is 3.29. The molecule has 2 rings (SSSR count). The number of aromatic nitrogens is 2. The molecular weight excluding hydrogens is 335 g/mol. The summed E-state index contributed by atoms with van der Waals surface area (Å²) in [5, 5.41) is 7.18. The largest absolute Gasteiger partial charge is 0.392 e. The fraction of sp³-hybridized carbons (Fsp3) is 0.769.